The number of allylic oxidation sites excluding steroid dienone is 2. The van der Waals surface area contributed by atoms with Gasteiger partial charge in [-0.25, -0.2) is 0 Å². The van der Waals surface area contributed by atoms with Crippen molar-refractivity contribution < 1.29 is 9.47 Å². The number of hydrogen-bond acceptors (Lipinski definition) is 4. The highest BCUT2D eigenvalue weighted by molar-refractivity contribution is 8.22. The molecule has 0 spiro atoms. The van der Waals surface area contributed by atoms with Crippen LogP contribution in [0.5, 0.6) is 17.2 Å². The molecule has 3 atom stereocenters. The molecule has 0 saturated carbocycles. The third-order valence-electron chi connectivity index (χ3n) is 5.55. The monoisotopic (exact) mass is 401 g/mol. The van der Waals surface area contributed by atoms with Crippen molar-refractivity contribution in [2.45, 2.75) is 11.8 Å². The Morgan fingerprint density at radius 2 is 1.75 bits per heavy atom. The van der Waals surface area contributed by atoms with E-state index in [1.165, 1.54) is 0 Å². The number of rotatable bonds is 1. The van der Waals surface area contributed by atoms with Crippen LogP contribution in [-0.2, 0) is 11.8 Å². The van der Waals surface area contributed by atoms with Gasteiger partial charge in [-0.3, -0.25) is 4.98 Å². The number of benzene rings is 2. The Morgan fingerprint density at radius 1 is 0.893 bits per heavy atom. The van der Waals surface area contributed by atoms with Gasteiger partial charge in [-0.15, -0.1) is 0 Å². The van der Waals surface area contributed by atoms with Crippen molar-refractivity contribution in [3.63, 3.8) is 0 Å². The smallest absolute Gasteiger partial charge is 0.140 e. The Bertz CT molecular complexity index is 1220. The van der Waals surface area contributed by atoms with Crippen molar-refractivity contribution in [1.29, 1.82) is 0 Å². The number of nitrogens with zero attached hydrogens (tertiary/aromatic N) is 1. The predicted molar refractivity (Wildman–Crippen MR) is 116 cm³/mol. The lowest BCUT2D eigenvalue weighted by Gasteiger charge is -2.44. The van der Waals surface area contributed by atoms with Gasteiger partial charge in [0.25, 0.3) is 0 Å². The van der Waals surface area contributed by atoms with Gasteiger partial charge >= 0.3 is 0 Å². The van der Waals surface area contributed by atoms with Crippen LogP contribution in [0.2, 0.25) is 0 Å². The topological polar surface area (TPSA) is 31.4 Å². The lowest BCUT2D eigenvalue weighted by atomic mass is 10.1. The zero-order valence-corrected chi connectivity index (χ0v) is 16.6. The SMILES string of the molecule is S=P12c3ccccc3Oc3cc(-c4cccnc4)cc(c31)OC1C=CC=CC12. The molecule has 2 aromatic carbocycles. The molecule has 0 N–H and O–H groups in total. The molecular weight excluding hydrogens is 385 g/mol. The lowest BCUT2D eigenvalue weighted by molar-refractivity contribution is 0.252. The van der Waals surface area contributed by atoms with Crippen molar-refractivity contribution in [2.75, 3.05) is 0 Å². The van der Waals surface area contributed by atoms with Gasteiger partial charge < -0.3 is 9.47 Å². The number of ether oxygens (including phenoxy) is 2. The summed E-state index contributed by atoms with van der Waals surface area (Å²) in [5, 5.41) is 2.21. The Morgan fingerprint density at radius 3 is 2.64 bits per heavy atom. The van der Waals surface area contributed by atoms with Crippen LogP contribution in [0.3, 0.4) is 0 Å². The number of para-hydroxylation sites is 1. The molecule has 136 valence electrons. The van der Waals surface area contributed by atoms with E-state index in [2.05, 4.69) is 47.5 Å². The highest BCUT2D eigenvalue weighted by atomic mass is 32.4. The number of fused-ring (bicyclic) bond motifs is 4. The molecule has 3 aromatic rings. The summed E-state index contributed by atoms with van der Waals surface area (Å²) in [6.07, 6.45) is 12.1. The van der Waals surface area contributed by atoms with Crippen molar-refractivity contribution in [1.82, 2.24) is 4.98 Å². The maximum absolute atomic E-state index is 6.51. The summed E-state index contributed by atoms with van der Waals surface area (Å²) >= 11 is 6.51. The Hall–Kier alpha value is -2.68. The average Bonchev–Trinajstić information content (AvgIpc) is 2.74. The van der Waals surface area contributed by atoms with Crippen molar-refractivity contribution in [3.05, 3.63) is 85.2 Å². The fraction of sp³-hybridized carbons (Fsp3) is 0.0870. The summed E-state index contributed by atoms with van der Waals surface area (Å²) in [4.78, 5) is 4.26. The molecule has 28 heavy (non-hydrogen) atoms. The molecule has 0 amide bonds. The molecule has 3 nitrogen and oxygen atoms in total. The standard InChI is InChI=1S/C23H16NO2PS/c28-27-21-9-3-1-7-17(21)25-19-12-16(15-6-5-11-24-14-15)13-20(23(19)27)26-18-8-2-4-10-22(18)27/h1-14,17,21H. The Balaban J connectivity index is 1.66. The quantitative estimate of drug-likeness (QED) is 0.561. The molecule has 0 bridgehead atoms. The van der Waals surface area contributed by atoms with Gasteiger partial charge in [0, 0.05) is 29.3 Å². The van der Waals surface area contributed by atoms with Crippen LogP contribution >= 0.6 is 6.04 Å². The van der Waals surface area contributed by atoms with E-state index in [-0.39, 0.29) is 11.8 Å². The van der Waals surface area contributed by atoms with E-state index in [0.29, 0.717) is 0 Å². The van der Waals surface area contributed by atoms with E-state index in [9.17, 15) is 0 Å². The van der Waals surface area contributed by atoms with Gasteiger partial charge in [-0.1, -0.05) is 48.2 Å². The number of aromatic nitrogens is 1. The van der Waals surface area contributed by atoms with Crippen LogP contribution in [0.25, 0.3) is 11.1 Å². The van der Waals surface area contributed by atoms with Crippen LogP contribution < -0.4 is 20.1 Å². The fourth-order valence-electron chi connectivity index (χ4n) is 4.30. The first-order chi connectivity index (χ1) is 13.7. The van der Waals surface area contributed by atoms with Gasteiger partial charge in [-0.05, 0) is 42.0 Å². The Kier molecular flexibility index (Phi) is 3.44. The van der Waals surface area contributed by atoms with Crippen LogP contribution in [-0.4, -0.2) is 16.7 Å². The zero-order valence-electron chi connectivity index (χ0n) is 14.9. The molecular formula is C23H16NO2PS. The van der Waals surface area contributed by atoms with E-state index in [1.807, 2.05) is 36.5 Å². The van der Waals surface area contributed by atoms with E-state index < -0.39 is 6.04 Å². The summed E-state index contributed by atoms with van der Waals surface area (Å²) in [6, 6.07) is 14.2. The molecule has 3 heterocycles. The van der Waals surface area contributed by atoms with Gasteiger partial charge in [0.1, 0.15) is 23.4 Å². The third-order valence-corrected chi connectivity index (χ3v) is 10.9. The van der Waals surface area contributed by atoms with E-state index in [0.717, 1.165) is 39.0 Å². The fourth-order valence-corrected chi connectivity index (χ4v) is 9.28. The lowest BCUT2D eigenvalue weighted by Crippen LogP contribution is -2.44. The maximum atomic E-state index is 6.51. The first kappa shape index (κ1) is 16.3. The second-order valence-corrected chi connectivity index (χ2v) is 11.7. The second kappa shape index (κ2) is 5.91. The van der Waals surface area contributed by atoms with Crippen LogP contribution in [0.4, 0.5) is 0 Å². The van der Waals surface area contributed by atoms with Crippen LogP contribution in [0.1, 0.15) is 0 Å². The molecule has 1 aliphatic carbocycles. The van der Waals surface area contributed by atoms with Gasteiger partial charge in [-0.2, -0.15) is 0 Å². The molecule has 2 aliphatic heterocycles. The molecule has 3 unspecified atom stereocenters. The summed E-state index contributed by atoms with van der Waals surface area (Å²) in [7, 11) is 0. The van der Waals surface area contributed by atoms with E-state index in [4.69, 9.17) is 21.3 Å². The molecule has 6 rings (SSSR count). The predicted octanol–water partition coefficient (Wildman–Crippen LogP) is 4.54. The summed E-state index contributed by atoms with van der Waals surface area (Å²) in [5.74, 6) is 2.53. The van der Waals surface area contributed by atoms with Gasteiger partial charge in [0.05, 0.1) is 11.0 Å². The van der Waals surface area contributed by atoms with Gasteiger partial charge in [0.15, 0.2) is 0 Å². The minimum atomic E-state index is -2.14. The third kappa shape index (κ3) is 2.16. The van der Waals surface area contributed by atoms with E-state index >= 15 is 0 Å². The number of hydrogen-bond donors (Lipinski definition) is 0. The minimum absolute atomic E-state index is 0.0495. The van der Waals surface area contributed by atoms with Gasteiger partial charge in [0.2, 0.25) is 0 Å². The molecule has 1 aromatic heterocycles. The zero-order chi connectivity index (χ0) is 18.7. The summed E-state index contributed by atoms with van der Waals surface area (Å²) in [5.41, 5.74) is 2.20. The number of pyridine rings is 1. The molecule has 3 aliphatic rings. The maximum Gasteiger partial charge on any atom is 0.140 e. The first-order valence-corrected chi connectivity index (χ1v) is 12.1. The molecule has 0 radical (unpaired) electrons. The second-order valence-electron chi connectivity index (χ2n) is 7.13. The van der Waals surface area contributed by atoms with Crippen molar-refractivity contribution in [2.24, 2.45) is 0 Å². The highest BCUT2D eigenvalue weighted by Crippen LogP contribution is 2.63. The molecule has 0 saturated heterocycles. The Labute approximate surface area is 168 Å². The molecule has 5 heteroatoms. The van der Waals surface area contributed by atoms with Crippen LogP contribution in [0.15, 0.2) is 85.2 Å². The highest BCUT2D eigenvalue weighted by Gasteiger charge is 2.48. The first-order valence-electron chi connectivity index (χ1n) is 9.23. The summed E-state index contributed by atoms with van der Waals surface area (Å²) < 4.78 is 12.8. The largest absolute Gasteiger partial charge is 0.484 e. The van der Waals surface area contributed by atoms with E-state index in [1.54, 1.807) is 6.20 Å². The van der Waals surface area contributed by atoms with Crippen LogP contribution in [0, 0.1) is 0 Å². The van der Waals surface area contributed by atoms with Crippen molar-refractivity contribution in [3.8, 4) is 28.4 Å². The normalized spacial score (nSPS) is 25.7. The summed E-state index contributed by atoms with van der Waals surface area (Å²) in [6.45, 7) is 0. The minimum Gasteiger partial charge on any atom is -0.484 e. The average molecular weight is 401 g/mol. The molecule has 0 fully saturated rings. The van der Waals surface area contributed by atoms with Crippen molar-refractivity contribution >= 4 is 28.5 Å².